The van der Waals surface area contributed by atoms with E-state index in [2.05, 4.69) is 38.2 Å². The van der Waals surface area contributed by atoms with Gasteiger partial charge < -0.3 is 11.5 Å². The molecular formula is C35H68N2. The summed E-state index contributed by atoms with van der Waals surface area (Å²) in [7, 11) is 0. The van der Waals surface area contributed by atoms with E-state index in [1.54, 1.807) is 0 Å². The van der Waals surface area contributed by atoms with Gasteiger partial charge in [0.1, 0.15) is 0 Å². The minimum Gasteiger partial charge on any atom is -0.330 e. The lowest BCUT2D eigenvalue weighted by Crippen LogP contribution is -2.30. The third kappa shape index (κ3) is 17.6. The van der Waals surface area contributed by atoms with E-state index in [1.807, 2.05) is 0 Å². The highest BCUT2D eigenvalue weighted by atomic mass is 14.5. The molecule has 0 saturated carbocycles. The van der Waals surface area contributed by atoms with Crippen LogP contribution in [0, 0.1) is 23.7 Å². The second-order valence-corrected chi connectivity index (χ2v) is 12.1. The molecule has 0 aliphatic heterocycles. The van der Waals surface area contributed by atoms with Crippen molar-refractivity contribution in [3.63, 3.8) is 0 Å². The largest absolute Gasteiger partial charge is 0.330 e. The smallest absolute Gasteiger partial charge is 0.00773 e. The van der Waals surface area contributed by atoms with Crippen LogP contribution in [0.5, 0.6) is 0 Å². The first kappa shape index (κ1) is 34.4. The summed E-state index contributed by atoms with van der Waals surface area (Å²) in [6.07, 6.45) is 42.0. The zero-order chi connectivity index (χ0) is 26.8. The predicted octanol–water partition coefficient (Wildman–Crippen LogP) is 10.5. The van der Waals surface area contributed by atoms with Crippen molar-refractivity contribution in [2.75, 3.05) is 13.1 Å². The van der Waals surface area contributed by atoms with Gasteiger partial charge in [0.05, 0.1) is 0 Å². The molecule has 2 heteroatoms. The molecule has 1 aliphatic rings. The Bertz CT molecular complexity index is 525. The number of nitrogens with two attached hydrogens (primary N) is 2. The van der Waals surface area contributed by atoms with Crippen molar-refractivity contribution in [3.8, 4) is 0 Å². The van der Waals surface area contributed by atoms with Gasteiger partial charge in [0, 0.05) is 0 Å². The number of allylic oxidation sites excluding steroid dienone is 4. The van der Waals surface area contributed by atoms with Crippen LogP contribution >= 0.6 is 0 Å². The third-order valence-electron chi connectivity index (χ3n) is 8.85. The minimum atomic E-state index is 0.759. The van der Waals surface area contributed by atoms with Gasteiger partial charge in [-0.25, -0.2) is 0 Å². The van der Waals surface area contributed by atoms with Crippen molar-refractivity contribution in [1.82, 2.24) is 0 Å². The fourth-order valence-corrected chi connectivity index (χ4v) is 6.49. The molecule has 0 fully saturated rings. The molecule has 0 aromatic rings. The van der Waals surface area contributed by atoms with Crippen molar-refractivity contribution in [2.45, 2.75) is 162 Å². The molecule has 4 N–H and O–H groups in total. The molecule has 1 aliphatic carbocycles. The Morgan fingerprint density at radius 2 is 0.973 bits per heavy atom. The zero-order valence-electron chi connectivity index (χ0n) is 25.5. The summed E-state index contributed by atoms with van der Waals surface area (Å²) in [5.41, 5.74) is 11.3. The van der Waals surface area contributed by atoms with E-state index in [4.69, 9.17) is 11.5 Å². The Kier molecular flexibility index (Phi) is 23.9. The van der Waals surface area contributed by atoms with E-state index >= 15 is 0 Å². The van der Waals surface area contributed by atoms with Gasteiger partial charge in [0.2, 0.25) is 0 Å². The first-order valence-corrected chi connectivity index (χ1v) is 17.0. The fourth-order valence-electron chi connectivity index (χ4n) is 6.49. The average Bonchev–Trinajstić information content (AvgIpc) is 2.91. The lowest BCUT2D eigenvalue weighted by molar-refractivity contribution is 0.196. The normalized spacial score (nSPS) is 21.8. The van der Waals surface area contributed by atoms with E-state index in [0.717, 1.165) is 36.8 Å². The van der Waals surface area contributed by atoms with E-state index in [0.29, 0.717) is 0 Å². The van der Waals surface area contributed by atoms with Gasteiger partial charge in [-0.2, -0.15) is 0 Å². The van der Waals surface area contributed by atoms with Crippen molar-refractivity contribution in [2.24, 2.45) is 35.1 Å². The molecule has 0 bridgehead atoms. The highest BCUT2D eigenvalue weighted by Gasteiger charge is 2.33. The maximum Gasteiger partial charge on any atom is -0.00773 e. The van der Waals surface area contributed by atoms with Crippen LogP contribution in [0.2, 0.25) is 0 Å². The second kappa shape index (κ2) is 25.7. The Hall–Kier alpha value is -0.600. The van der Waals surface area contributed by atoms with Crippen LogP contribution in [0.3, 0.4) is 0 Å². The van der Waals surface area contributed by atoms with Crippen molar-refractivity contribution in [3.05, 3.63) is 24.3 Å². The quantitative estimate of drug-likeness (QED) is 0.0887. The first-order chi connectivity index (χ1) is 18.3. The van der Waals surface area contributed by atoms with E-state index in [-0.39, 0.29) is 0 Å². The Balaban J connectivity index is 2.73. The third-order valence-corrected chi connectivity index (χ3v) is 8.85. The average molecular weight is 517 g/mol. The minimum absolute atomic E-state index is 0.759. The topological polar surface area (TPSA) is 52.0 Å². The van der Waals surface area contributed by atoms with Crippen LogP contribution < -0.4 is 11.5 Å². The lowest BCUT2D eigenvalue weighted by atomic mass is 9.66. The molecule has 0 heterocycles. The molecule has 4 atom stereocenters. The summed E-state index contributed by atoms with van der Waals surface area (Å²) in [5.74, 6) is 3.18. The maximum atomic E-state index is 5.67. The number of rotatable bonds is 26. The number of unbranched alkanes of at least 4 members (excludes halogenated alkanes) is 16. The summed E-state index contributed by atoms with van der Waals surface area (Å²) >= 11 is 0. The Labute approximate surface area is 233 Å². The summed E-state index contributed by atoms with van der Waals surface area (Å²) in [6.45, 7) is 6.37. The van der Waals surface area contributed by atoms with E-state index in [1.165, 1.54) is 148 Å². The van der Waals surface area contributed by atoms with Gasteiger partial charge >= 0.3 is 0 Å². The van der Waals surface area contributed by atoms with Gasteiger partial charge in [0.15, 0.2) is 0 Å². The fraction of sp³-hybridized carbons (Fsp3) is 0.886. The van der Waals surface area contributed by atoms with Gasteiger partial charge in [-0.05, 0) is 81.7 Å². The molecular weight excluding hydrogens is 448 g/mol. The van der Waals surface area contributed by atoms with Crippen molar-refractivity contribution in [1.29, 1.82) is 0 Å². The van der Waals surface area contributed by atoms with Crippen LogP contribution in [0.4, 0.5) is 0 Å². The molecule has 37 heavy (non-hydrogen) atoms. The summed E-state index contributed by atoms with van der Waals surface area (Å²) < 4.78 is 0. The van der Waals surface area contributed by atoms with Crippen LogP contribution in [0.15, 0.2) is 24.3 Å². The van der Waals surface area contributed by atoms with Crippen LogP contribution in [0.25, 0.3) is 0 Å². The monoisotopic (exact) mass is 517 g/mol. The number of hydrogen-bond donors (Lipinski definition) is 2. The molecule has 0 radical (unpaired) electrons. The Morgan fingerprint density at radius 3 is 1.57 bits per heavy atom. The highest BCUT2D eigenvalue weighted by Crippen LogP contribution is 2.43. The molecule has 1 rings (SSSR count). The van der Waals surface area contributed by atoms with E-state index in [9.17, 15) is 0 Å². The summed E-state index contributed by atoms with van der Waals surface area (Å²) in [4.78, 5) is 0. The summed E-state index contributed by atoms with van der Waals surface area (Å²) in [5, 5.41) is 0. The maximum absolute atomic E-state index is 5.67. The van der Waals surface area contributed by atoms with Gasteiger partial charge in [-0.15, -0.1) is 0 Å². The van der Waals surface area contributed by atoms with Crippen LogP contribution in [-0.4, -0.2) is 13.1 Å². The van der Waals surface area contributed by atoms with Crippen molar-refractivity contribution < 1.29 is 0 Å². The molecule has 0 amide bonds. The zero-order valence-corrected chi connectivity index (χ0v) is 25.5. The second-order valence-electron chi connectivity index (χ2n) is 12.1. The lowest BCUT2D eigenvalue weighted by Gasteiger charge is -2.39. The molecule has 218 valence electrons. The van der Waals surface area contributed by atoms with E-state index < -0.39 is 0 Å². The number of hydrogen-bond acceptors (Lipinski definition) is 2. The first-order valence-electron chi connectivity index (χ1n) is 17.0. The summed E-state index contributed by atoms with van der Waals surface area (Å²) in [6, 6.07) is 0. The molecule has 0 saturated heterocycles. The molecule has 2 nitrogen and oxygen atoms in total. The van der Waals surface area contributed by atoms with Gasteiger partial charge in [-0.3, -0.25) is 0 Å². The van der Waals surface area contributed by atoms with Crippen LogP contribution in [-0.2, 0) is 0 Å². The highest BCUT2D eigenvalue weighted by molar-refractivity contribution is 5.10. The molecule has 0 aromatic carbocycles. The van der Waals surface area contributed by atoms with Crippen molar-refractivity contribution >= 4 is 0 Å². The van der Waals surface area contributed by atoms with Crippen LogP contribution in [0.1, 0.15) is 162 Å². The van der Waals surface area contributed by atoms with Gasteiger partial charge in [-0.1, -0.05) is 141 Å². The van der Waals surface area contributed by atoms with Gasteiger partial charge in [0.25, 0.3) is 0 Å². The predicted molar refractivity (Wildman–Crippen MR) is 168 cm³/mol. The SMILES string of the molecule is CCCCC/C=C/C1C(CCCCCCCCN)C=CC(CCCCC)C1CCCCCCCCCN. The molecule has 0 spiro atoms. The molecule has 0 aromatic heterocycles. The standard InChI is InChI=1S/C35H68N2/c1-3-5-7-13-20-26-35-33(25-19-14-10-12-17-23-31-37)29-28-32(24-18-6-4-2)34(35)27-21-15-9-8-11-16-22-30-36/h20,26,28-29,32-35H,3-19,21-25,27,30-31,36-37H2,1-2H3/b26-20+. The Morgan fingerprint density at radius 1 is 0.514 bits per heavy atom. The molecule has 4 unspecified atom stereocenters.